The molecule has 6 rings (SSSR count). The number of aryl methyl sites for hydroxylation is 1. The van der Waals surface area contributed by atoms with Gasteiger partial charge in [-0.3, -0.25) is 0 Å². The molecule has 0 amide bonds. The van der Waals surface area contributed by atoms with Gasteiger partial charge in [-0.2, -0.15) is 0 Å². The van der Waals surface area contributed by atoms with E-state index < -0.39 is 0 Å². The number of fused-ring (bicyclic) bond motifs is 6. The summed E-state index contributed by atoms with van der Waals surface area (Å²) in [6.45, 7) is 2.22. The van der Waals surface area contributed by atoms with Crippen LogP contribution in [0.15, 0.2) is 72.8 Å². The molecule has 0 bridgehead atoms. The van der Waals surface area contributed by atoms with E-state index in [0.29, 0.717) is 0 Å². The zero-order valence-electron chi connectivity index (χ0n) is 15.3. The Morgan fingerprint density at radius 2 is 0.963 bits per heavy atom. The van der Waals surface area contributed by atoms with E-state index >= 15 is 0 Å². The third kappa shape index (κ3) is 1.74. The van der Waals surface area contributed by atoms with Gasteiger partial charge in [-0.05, 0) is 61.6 Å². The summed E-state index contributed by atoms with van der Waals surface area (Å²) in [5.41, 5.74) is 1.32. The van der Waals surface area contributed by atoms with Crippen LogP contribution in [0, 0.1) is 6.92 Å². The SMILES string of the molecule is COc1ccc2c3ccccc3c3c(C)ccc4c5ccccc5c1c2c43. The first kappa shape index (κ1) is 14.8. The number of hydrogen-bond donors (Lipinski definition) is 0. The maximum absolute atomic E-state index is 5.82. The van der Waals surface area contributed by atoms with Crippen LogP contribution in [0.3, 0.4) is 0 Å². The van der Waals surface area contributed by atoms with Crippen LogP contribution in [0.4, 0.5) is 0 Å². The Balaban J connectivity index is 2.14. The molecule has 0 N–H and O–H groups in total. The van der Waals surface area contributed by atoms with Crippen LogP contribution in [0.25, 0.3) is 53.9 Å². The molecule has 27 heavy (non-hydrogen) atoms. The predicted molar refractivity (Wildman–Crippen MR) is 116 cm³/mol. The van der Waals surface area contributed by atoms with E-state index in [1.165, 1.54) is 59.4 Å². The van der Waals surface area contributed by atoms with Gasteiger partial charge in [-0.1, -0.05) is 66.7 Å². The highest BCUT2D eigenvalue weighted by atomic mass is 16.5. The zero-order chi connectivity index (χ0) is 18.1. The molecule has 1 nitrogen and oxygen atoms in total. The Morgan fingerprint density at radius 3 is 1.59 bits per heavy atom. The van der Waals surface area contributed by atoms with E-state index in [0.717, 1.165) is 5.75 Å². The summed E-state index contributed by atoms with van der Waals surface area (Å²) in [5, 5.41) is 13.1. The molecule has 0 heterocycles. The van der Waals surface area contributed by atoms with Gasteiger partial charge in [0.2, 0.25) is 0 Å². The summed E-state index contributed by atoms with van der Waals surface area (Å²) in [4.78, 5) is 0. The van der Waals surface area contributed by atoms with E-state index in [4.69, 9.17) is 4.74 Å². The lowest BCUT2D eigenvalue weighted by Crippen LogP contribution is -1.93. The van der Waals surface area contributed by atoms with Gasteiger partial charge in [0.15, 0.2) is 0 Å². The van der Waals surface area contributed by atoms with Crippen molar-refractivity contribution in [3.63, 3.8) is 0 Å². The normalized spacial score (nSPS) is 12.1. The monoisotopic (exact) mass is 346 g/mol. The predicted octanol–water partition coefficient (Wildman–Crippen LogP) is 7.21. The summed E-state index contributed by atoms with van der Waals surface area (Å²) < 4.78 is 5.82. The molecule has 0 unspecified atom stereocenters. The minimum absolute atomic E-state index is 0.943. The van der Waals surface area contributed by atoms with Crippen LogP contribution in [0.1, 0.15) is 5.56 Å². The van der Waals surface area contributed by atoms with Gasteiger partial charge < -0.3 is 4.74 Å². The van der Waals surface area contributed by atoms with Crippen LogP contribution in [0.2, 0.25) is 0 Å². The molecule has 6 aromatic carbocycles. The zero-order valence-corrected chi connectivity index (χ0v) is 15.3. The molecule has 128 valence electrons. The fraction of sp³-hybridized carbons (Fsp3) is 0.0769. The first-order valence-electron chi connectivity index (χ1n) is 9.34. The highest BCUT2D eigenvalue weighted by molar-refractivity contribution is 6.41. The summed E-state index contributed by atoms with van der Waals surface area (Å²) in [7, 11) is 1.77. The molecule has 0 spiro atoms. The summed E-state index contributed by atoms with van der Waals surface area (Å²) >= 11 is 0. The lowest BCUT2D eigenvalue weighted by Gasteiger charge is -2.20. The van der Waals surface area contributed by atoms with Crippen molar-refractivity contribution in [3.8, 4) is 5.75 Å². The van der Waals surface area contributed by atoms with Crippen molar-refractivity contribution < 1.29 is 4.74 Å². The number of methoxy groups -OCH3 is 1. The largest absolute Gasteiger partial charge is 0.496 e. The van der Waals surface area contributed by atoms with Gasteiger partial charge in [0.05, 0.1) is 7.11 Å². The van der Waals surface area contributed by atoms with E-state index in [1.54, 1.807) is 7.11 Å². The van der Waals surface area contributed by atoms with Gasteiger partial charge >= 0.3 is 0 Å². The summed E-state index contributed by atoms with van der Waals surface area (Å²) in [6.07, 6.45) is 0. The Hall–Kier alpha value is -3.32. The fourth-order valence-corrected chi connectivity index (χ4v) is 4.92. The minimum Gasteiger partial charge on any atom is -0.496 e. The first-order valence-corrected chi connectivity index (χ1v) is 9.34. The molecule has 0 aromatic heterocycles. The molecular formula is C26H18O. The highest BCUT2D eigenvalue weighted by Gasteiger charge is 2.19. The lowest BCUT2D eigenvalue weighted by molar-refractivity contribution is 0.420. The standard InChI is InChI=1S/C26H18O/c1-15-11-12-20-17-8-4-6-10-19(17)24-22(27-2)14-13-21-16-7-3-5-9-18(16)23(15)25(20)26(21)24/h3-14H,1-2H3. The van der Waals surface area contributed by atoms with Crippen molar-refractivity contribution in [1.82, 2.24) is 0 Å². The van der Waals surface area contributed by atoms with E-state index in [-0.39, 0.29) is 0 Å². The van der Waals surface area contributed by atoms with Crippen molar-refractivity contribution in [1.29, 1.82) is 0 Å². The molecule has 0 aliphatic heterocycles. The average Bonchev–Trinajstić information content (AvgIpc) is 2.73. The molecule has 0 aliphatic rings. The summed E-state index contributed by atoms with van der Waals surface area (Å²) in [6, 6.07) is 26.4. The van der Waals surface area contributed by atoms with Crippen LogP contribution in [-0.2, 0) is 0 Å². The Morgan fingerprint density at radius 1 is 0.481 bits per heavy atom. The molecule has 0 fully saturated rings. The van der Waals surface area contributed by atoms with Crippen LogP contribution >= 0.6 is 0 Å². The van der Waals surface area contributed by atoms with Crippen LogP contribution in [-0.4, -0.2) is 7.11 Å². The van der Waals surface area contributed by atoms with Crippen molar-refractivity contribution in [2.75, 3.05) is 7.11 Å². The molecule has 0 atom stereocenters. The van der Waals surface area contributed by atoms with E-state index in [9.17, 15) is 0 Å². The number of rotatable bonds is 1. The summed E-state index contributed by atoms with van der Waals surface area (Å²) in [5.74, 6) is 0.943. The van der Waals surface area contributed by atoms with Gasteiger partial charge in [0.25, 0.3) is 0 Å². The van der Waals surface area contributed by atoms with Crippen molar-refractivity contribution in [2.45, 2.75) is 6.92 Å². The van der Waals surface area contributed by atoms with Gasteiger partial charge in [0.1, 0.15) is 5.75 Å². The molecule has 6 aromatic rings. The molecular weight excluding hydrogens is 328 g/mol. The molecule has 0 radical (unpaired) electrons. The van der Waals surface area contributed by atoms with Gasteiger partial charge in [-0.15, -0.1) is 0 Å². The third-order valence-electron chi connectivity index (χ3n) is 6.02. The van der Waals surface area contributed by atoms with Crippen molar-refractivity contribution >= 4 is 53.9 Å². The maximum Gasteiger partial charge on any atom is 0.127 e. The Bertz CT molecular complexity index is 1510. The number of ether oxygens (including phenoxy) is 1. The molecule has 0 saturated heterocycles. The highest BCUT2D eigenvalue weighted by Crippen LogP contribution is 2.48. The van der Waals surface area contributed by atoms with Crippen molar-refractivity contribution in [2.24, 2.45) is 0 Å². The molecule has 0 aliphatic carbocycles. The Kier molecular flexibility index (Phi) is 2.80. The van der Waals surface area contributed by atoms with E-state index in [2.05, 4.69) is 79.7 Å². The lowest BCUT2D eigenvalue weighted by atomic mass is 9.84. The number of benzene rings is 6. The topological polar surface area (TPSA) is 9.23 Å². The smallest absolute Gasteiger partial charge is 0.127 e. The quantitative estimate of drug-likeness (QED) is 0.226. The van der Waals surface area contributed by atoms with Crippen LogP contribution < -0.4 is 4.74 Å². The maximum atomic E-state index is 5.82. The second-order valence-electron chi connectivity index (χ2n) is 7.34. The van der Waals surface area contributed by atoms with Gasteiger partial charge in [0, 0.05) is 10.8 Å². The third-order valence-corrected chi connectivity index (χ3v) is 6.02. The second kappa shape index (κ2) is 5.11. The van der Waals surface area contributed by atoms with Crippen molar-refractivity contribution in [3.05, 3.63) is 78.4 Å². The molecule has 0 saturated carbocycles. The fourth-order valence-electron chi connectivity index (χ4n) is 4.92. The average molecular weight is 346 g/mol. The first-order chi connectivity index (χ1) is 13.3. The van der Waals surface area contributed by atoms with E-state index in [1.807, 2.05) is 0 Å². The van der Waals surface area contributed by atoms with Gasteiger partial charge in [-0.25, -0.2) is 0 Å². The second-order valence-corrected chi connectivity index (χ2v) is 7.34. The minimum atomic E-state index is 0.943. The van der Waals surface area contributed by atoms with Crippen LogP contribution in [0.5, 0.6) is 5.75 Å². The molecule has 1 heteroatoms. The number of hydrogen-bond acceptors (Lipinski definition) is 1. The Labute approximate surface area is 157 Å².